The molecule has 1 aromatic carbocycles. The molecule has 0 fully saturated rings. The summed E-state index contributed by atoms with van der Waals surface area (Å²) in [6.07, 6.45) is 0.765. The molecule has 2 aromatic rings. The van der Waals surface area contributed by atoms with Gasteiger partial charge in [-0.3, -0.25) is 4.79 Å². The van der Waals surface area contributed by atoms with Crippen molar-refractivity contribution in [1.29, 1.82) is 0 Å². The molecule has 0 bridgehead atoms. The maximum atomic E-state index is 12.0. The van der Waals surface area contributed by atoms with E-state index in [-0.39, 0.29) is 30.1 Å². The monoisotopic (exact) mass is 404 g/mol. The van der Waals surface area contributed by atoms with E-state index in [1.165, 1.54) is 11.8 Å². The highest BCUT2D eigenvalue weighted by Gasteiger charge is 2.17. The first-order chi connectivity index (χ1) is 11.4. The van der Waals surface area contributed by atoms with Crippen molar-refractivity contribution in [3.05, 3.63) is 34.7 Å². The number of benzene rings is 1. The molecule has 0 unspecified atom stereocenters. The molecule has 0 saturated heterocycles. The lowest BCUT2D eigenvalue weighted by Crippen LogP contribution is -2.14. The van der Waals surface area contributed by atoms with Crippen molar-refractivity contribution in [2.24, 2.45) is 11.7 Å². The van der Waals surface area contributed by atoms with Gasteiger partial charge in [-0.2, -0.15) is 0 Å². The number of thioether (sulfide) groups is 1. The lowest BCUT2D eigenvalue weighted by Gasteiger charge is -2.09. The minimum atomic E-state index is -0.283. The SMILES string of the molecule is Cc1c(Cl)cccc1NC(=O)CSc1nnc([C@@H](N)CC(C)C)o1.Cl. The molecule has 6 nitrogen and oxygen atoms in total. The van der Waals surface area contributed by atoms with E-state index in [1.54, 1.807) is 18.2 Å². The minimum absolute atomic E-state index is 0. The number of halogens is 2. The maximum Gasteiger partial charge on any atom is 0.277 e. The molecule has 0 spiro atoms. The van der Waals surface area contributed by atoms with Crippen LogP contribution in [0.1, 0.15) is 37.8 Å². The first-order valence-corrected chi connectivity index (χ1v) is 9.00. The lowest BCUT2D eigenvalue weighted by atomic mass is 10.1. The number of hydrogen-bond donors (Lipinski definition) is 2. The molecule has 2 rings (SSSR count). The third-order valence-corrected chi connectivity index (χ3v) is 4.56. The summed E-state index contributed by atoms with van der Waals surface area (Å²) >= 11 is 7.21. The number of hydrogen-bond acceptors (Lipinski definition) is 6. The van der Waals surface area contributed by atoms with Gasteiger partial charge >= 0.3 is 0 Å². The molecule has 9 heteroatoms. The van der Waals surface area contributed by atoms with E-state index >= 15 is 0 Å². The van der Waals surface area contributed by atoms with Crippen molar-refractivity contribution >= 4 is 47.4 Å². The number of aromatic nitrogens is 2. The van der Waals surface area contributed by atoms with Crippen LogP contribution in [0.3, 0.4) is 0 Å². The molecule has 25 heavy (non-hydrogen) atoms. The lowest BCUT2D eigenvalue weighted by molar-refractivity contribution is -0.113. The Kier molecular flexibility index (Phi) is 8.71. The van der Waals surface area contributed by atoms with Gasteiger partial charge < -0.3 is 15.5 Å². The van der Waals surface area contributed by atoms with E-state index in [0.717, 1.165) is 12.0 Å². The number of nitrogens with one attached hydrogen (secondary N) is 1. The van der Waals surface area contributed by atoms with Gasteiger partial charge in [0.25, 0.3) is 5.22 Å². The van der Waals surface area contributed by atoms with E-state index in [9.17, 15) is 4.79 Å². The average molecular weight is 405 g/mol. The third kappa shape index (κ3) is 6.51. The predicted octanol–water partition coefficient (Wildman–Crippen LogP) is 4.23. The fraction of sp³-hybridized carbons (Fsp3) is 0.438. The van der Waals surface area contributed by atoms with E-state index < -0.39 is 0 Å². The molecule has 1 aromatic heterocycles. The summed E-state index contributed by atoms with van der Waals surface area (Å²) in [5.41, 5.74) is 7.52. The molecule has 1 atom stereocenters. The molecule has 0 aliphatic heterocycles. The van der Waals surface area contributed by atoms with Gasteiger partial charge in [-0.1, -0.05) is 43.3 Å². The Morgan fingerprint density at radius 2 is 2.12 bits per heavy atom. The predicted molar refractivity (Wildman–Crippen MR) is 103 cm³/mol. The highest BCUT2D eigenvalue weighted by atomic mass is 35.5. The van der Waals surface area contributed by atoms with Gasteiger partial charge in [0.05, 0.1) is 11.8 Å². The average Bonchev–Trinajstić information content (AvgIpc) is 2.98. The number of nitrogens with zero attached hydrogens (tertiary/aromatic N) is 2. The van der Waals surface area contributed by atoms with Crippen molar-refractivity contribution < 1.29 is 9.21 Å². The van der Waals surface area contributed by atoms with Crippen molar-refractivity contribution in [1.82, 2.24) is 10.2 Å². The zero-order chi connectivity index (χ0) is 17.7. The van der Waals surface area contributed by atoms with Crippen LogP contribution in [0.2, 0.25) is 5.02 Å². The normalized spacial score (nSPS) is 11.9. The van der Waals surface area contributed by atoms with E-state index in [4.69, 9.17) is 21.8 Å². The topological polar surface area (TPSA) is 94.0 Å². The van der Waals surface area contributed by atoms with Crippen LogP contribution >= 0.6 is 35.8 Å². The summed E-state index contributed by atoms with van der Waals surface area (Å²) < 4.78 is 5.50. The molecule has 138 valence electrons. The van der Waals surface area contributed by atoms with Gasteiger partial charge in [-0.05, 0) is 37.0 Å². The van der Waals surface area contributed by atoms with Crippen LogP contribution in [0.15, 0.2) is 27.8 Å². The Morgan fingerprint density at radius 1 is 1.40 bits per heavy atom. The second-order valence-electron chi connectivity index (χ2n) is 5.89. The van der Waals surface area contributed by atoms with Crippen molar-refractivity contribution in [2.45, 2.75) is 38.5 Å². The standard InChI is InChI=1S/C16H21ClN4O2S.ClH/c1-9(2)7-12(18)15-20-21-16(23-15)24-8-14(22)19-13-6-4-5-11(17)10(13)3;/h4-6,9,12H,7-8,18H2,1-3H3,(H,19,22);1H/t12-;/m0./s1. The molecule has 0 radical (unpaired) electrons. The summed E-state index contributed by atoms with van der Waals surface area (Å²) in [5, 5.41) is 11.6. The maximum absolute atomic E-state index is 12.0. The number of nitrogens with two attached hydrogens (primary N) is 1. The van der Waals surface area contributed by atoms with Crippen LogP contribution in [-0.4, -0.2) is 21.9 Å². The fourth-order valence-electron chi connectivity index (χ4n) is 2.09. The van der Waals surface area contributed by atoms with Crippen LogP contribution in [0.4, 0.5) is 5.69 Å². The van der Waals surface area contributed by atoms with E-state index in [0.29, 0.717) is 27.7 Å². The van der Waals surface area contributed by atoms with Gasteiger partial charge in [0.1, 0.15) is 0 Å². The van der Waals surface area contributed by atoms with Gasteiger partial charge in [0.15, 0.2) is 0 Å². The Morgan fingerprint density at radius 3 is 2.80 bits per heavy atom. The molecular formula is C16H22Cl2N4O2S. The highest BCUT2D eigenvalue weighted by Crippen LogP contribution is 2.24. The summed E-state index contributed by atoms with van der Waals surface area (Å²) in [6, 6.07) is 5.09. The van der Waals surface area contributed by atoms with Crippen LogP contribution in [-0.2, 0) is 4.79 Å². The molecule has 1 amide bonds. The van der Waals surface area contributed by atoms with Crippen LogP contribution < -0.4 is 11.1 Å². The zero-order valence-electron chi connectivity index (χ0n) is 14.3. The largest absolute Gasteiger partial charge is 0.414 e. The quantitative estimate of drug-likeness (QED) is 0.670. The number of anilines is 1. The van der Waals surface area contributed by atoms with Crippen LogP contribution in [0, 0.1) is 12.8 Å². The Balaban J connectivity index is 0.00000312. The molecule has 1 heterocycles. The van der Waals surface area contributed by atoms with Crippen molar-refractivity contribution in [3.8, 4) is 0 Å². The second kappa shape index (κ2) is 10.0. The first kappa shape index (κ1) is 21.8. The molecule has 0 saturated carbocycles. The molecule has 0 aliphatic carbocycles. The first-order valence-electron chi connectivity index (χ1n) is 7.63. The smallest absolute Gasteiger partial charge is 0.277 e. The number of carbonyl (C=O) groups excluding carboxylic acids is 1. The van der Waals surface area contributed by atoms with Crippen LogP contribution in [0.25, 0.3) is 0 Å². The van der Waals surface area contributed by atoms with Gasteiger partial charge in [0.2, 0.25) is 11.8 Å². The summed E-state index contributed by atoms with van der Waals surface area (Å²) in [4.78, 5) is 12.0. The Bertz CT molecular complexity index is 709. The number of amides is 1. The molecular weight excluding hydrogens is 383 g/mol. The highest BCUT2D eigenvalue weighted by molar-refractivity contribution is 7.99. The number of rotatable bonds is 7. The molecule has 3 N–H and O–H groups in total. The Hall–Kier alpha value is -1.28. The van der Waals surface area contributed by atoms with Gasteiger partial charge in [0, 0.05) is 10.7 Å². The summed E-state index contributed by atoms with van der Waals surface area (Å²) in [7, 11) is 0. The van der Waals surface area contributed by atoms with E-state index in [2.05, 4.69) is 29.4 Å². The van der Waals surface area contributed by atoms with Gasteiger partial charge in [-0.25, -0.2) is 0 Å². The summed E-state index contributed by atoms with van der Waals surface area (Å²) in [5.74, 6) is 0.830. The molecule has 0 aliphatic rings. The number of carbonyl (C=O) groups is 1. The van der Waals surface area contributed by atoms with Crippen molar-refractivity contribution in [2.75, 3.05) is 11.1 Å². The second-order valence-corrected chi connectivity index (χ2v) is 7.23. The minimum Gasteiger partial charge on any atom is -0.414 e. The Labute approximate surface area is 162 Å². The van der Waals surface area contributed by atoms with Crippen molar-refractivity contribution in [3.63, 3.8) is 0 Å². The zero-order valence-corrected chi connectivity index (χ0v) is 16.7. The van der Waals surface area contributed by atoms with Gasteiger partial charge in [-0.15, -0.1) is 22.6 Å². The van der Waals surface area contributed by atoms with Crippen LogP contribution in [0.5, 0.6) is 0 Å². The summed E-state index contributed by atoms with van der Waals surface area (Å²) in [6.45, 7) is 6.01. The third-order valence-electron chi connectivity index (χ3n) is 3.33. The van der Waals surface area contributed by atoms with E-state index in [1.807, 2.05) is 6.92 Å². The fourth-order valence-corrected chi connectivity index (χ4v) is 2.84.